The summed E-state index contributed by atoms with van der Waals surface area (Å²) in [6.07, 6.45) is 0.181. The van der Waals surface area contributed by atoms with Gasteiger partial charge in [0.15, 0.2) is 0 Å². The highest BCUT2D eigenvalue weighted by Crippen LogP contribution is 1.87. The number of ether oxygens (including phenoxy) is 2. The van der Waals surface area contributed by atoms with Gasteiger partial charge in [0, 0.05) is 7.11 Å². The van der Waals surface area contributed by atoms with Gasteiger partial charge in [0.25, 0.3) is 0 Å². The second kappa shape index (κ2) is 7.97. The van der Waals surface area contributed by atoms with Crippen molar-refractivity contribution in [2.45, 2.75) is 20.0 Å². The zero-order valence-corrected chi connectivity index (χ0v) is 8.54. The number of methoxy groups -OCH3 is 1. The van der Waals surface area contributed by atoms with Crippen molar-refractivity contribution < 1.29 is 9.47 Å². The fourth-order valence-corrected chi connectivity index (χ4v) is 0.650. The molecule has 0 aliphatic rings. The van der Waals surface area contributed by atoms with E-state index in [1.165, 1.54) is 0 Å². The molecular formula is C8H19N3O2. The summed E-state index contributed by atoms with van der Waals surface area (Å²) < 4.78 is 10.2. The van der Waals surface area contributed by atoms with Gasteiger partial charge in [-0.3, -0.25) is 4.99 Å². The fourth-order valence-electron chi connectivity index (χ4n) is 0.650. The van der Waals surface area contributed by atoms with E-state index in [4.69, 9.17) is 15.3 Å². The molecule has 3 N–H and O–H groups in total. The number of rotatable bonds is 6. The van der Waals surface area contributed by atoms with E-state index in [-0.39, 0.29) is 6.10 Å². The molecule has 0 aliphatic carbocycles. The van der Waals surface area contributed by atoms with Crippen LogP contribution in [0.15, 0.2) is 4.99 Å². The molecule has 5 heteroatoms. The Balaban J connectivity index is 3.66. The van der Waals surface area contributed by atoms with Gasteiger partial charge >= 0.3 is 0 Å². The summed E-state index contributed by atoms with van der Waals surface area (Å²) in [6.45, 7) is 5.52. The monoisotopic (exact) mass is 189 g/mol. The van der Waals surface area contributed by atoms with E-state index in [1.807, 2.05) is 13.8 Å². The topological polar surface area (TPSA) is 68.9 Å². The predicted molar refractivity (Wildman–Crippen MR) is 52.6 cm³/mol. The van der Waals surface area contributed by atoms with Crippen molar-refractivity contribution in [3.8, 4) is 0 Å². The third-order valence-corrected chi connectivity index (χ3v) is 1.32. The number of aliphatic imine (C=N–C) groups is 1. The molecular weight excluding hydrogens is 170 g/mol. The number of hydrazine groups is 1. The quantitative estimate of drug-likeness (QED) is 0.202. The van der Waals surface area contributed by atoms with Gasteiger partial charge in [-0.2, -0.15) is 0 Å². The zero-order valence-electron chi connectivity index (χ0n) is 8.54. The van der Waals surface area contributed by atoms with Gasteiger partial charge in [0.2, 0.25) is 0 Å². The molecule has 0 aromatic rings. The number of amidine groups is 1. The van der Waals surface area contributed by atoms with Crippen LogP contribution in [0.5, 0.6) is 0 Å². The minimum Gasteiger partial charge on any atom is -0.383 e. The molecule has 0 aromatic carbocycles. The third kappa shape index (κ3) is 7.70. The van der Waals surface area contributed by atoms with Gasteiger partial charge in [0.1, 0.15) is 12.4 Å². The first-order valence-electron chi connectivity index (χ1n) is 4.31. The predicted octanol–water partition coefficient (Wildman–Crippen LogP) is -0.0804. The number of nitrogens with one attached hydrogen (secondary N) is 1. The maximum Gasteiger partial charge on any atom is 0.137 e. The van der Waals surface area contributed by atoms with Crippen LogP contribution in [-0.2, 0) is 9.47 Å². The molecule has 0 saturated carbocycles. The minimum atomic E-state index is 0.181. The summed E-state index contributed by atoms with van der Waals surface area (Å²) in [5, 5.41) is 0. The third-order valence-electron chi connectivity index (χ3n) is 1.32. The highest BCUT2D eigenvalue weighted by atomic mass is 16.5. The van der Waals surface area contributed by atoms with Gasteiger partial charge in [-0.15, -0.1) is 0 Å². The molecule has 0 amide bonds. The van der Waals surface area contributed by atoms with E-state index in [9.17, 15) is 0 Å². The molecule has 0 bridgehead atoms. The Hall–Kier alpha value is -0.650. The Kier molecular flexibility index (Phi) is 7.57. The Morgan fingerprint density at radius 3 is 2.69 bits per heavy atom. The Morgan fingerprint density at radius 1 is 1.54 bits per heavy atom. The molecule has 0 rings (SSSR count). The molecule has 5 nitrogen and oxygen atoms in total. The Morgan fingerprint density at radius 2 is 2.23 bits per heavy atom. The van der Waals surface area contributed by atoms with Crippen LogP contribution >= 0.6 is 0 Å². The number of hydrogen-bond donors (Lipinski definition) is 2. The van der Waals surface area contributed by atoms with E-state index in [0.717, 1.165) is 0 Å². The molecule has 0 fully saturated rings. The normalized spacial score (nSPS) is 12.2. The van der Waals surface area contributed by atoms with Crippen molar-refractivity contribution in [1.29, 1.82) is 0 Å². The molecule has 0 aromatic heterocycles. The van der Waals surface area contributed by atoms with Gasteiger partial charge in [-0.25, -0.2) is 5.84 Å². The average Bonchev–Trinajstić information content (AvgIpc) is 2.10. The van der Waals surface area contributed by atoms with E-state index in [1.54, 1.807) is 7.11 Å². The molecule has 0 aliphatic heterocycles. The van der Waals surface area contributed by atoms with Gasteiger partial charge in [-0.1, -0.05) is 0 Å². The first-order chi connectivity index (χ1) is 6.20. The molecule has 13 heavy (non-hydrogen) atoms. The zero-order chi connectivity index (χ0) is 10.1. The van der Waals surface area contributed by atoms with Gasteiger partial charge in [0.05, 0.1) is 19.3 Å². The Bertz CT molecular complexity index is 148. The second-order valence-corrected chi connectivity index (χ2v) is 2.83. The molecule has 0 spiro atoms. The van der Waals surface area contributed by atoms with Gasteiger partial charge < -0.3 is 14.9 Å². The second-order valence-electron chi connectivity index (χ2n) is 2.83. The summed E-state index contributed by atoms with van der Waals surface area (Å²) in [5.74, 6) is 5.88. The number of hydrogen-bond acceptors (Lipinski definition) is 4. The summed E-state index contributed by atoms with van der Waals surface area (Å²) >= 11 is 0. The van der Waals surface area contributed by atoms with Crippen molar-refractivity contribution in [2.24, 2.45) is 10.8 Å². The standard InChI is InChI=1S/C8H19N3O2/c1-7(2)13-6-8(11-9)10-4-5-12-3/h7H,4-6,9H2,1-3H3,(H,10,11). The van der Waals surface area contributed by atoms with Crippen molar-refractivity contribution in [3.05, 3.63) is 0 Å². The van der Waals surface area contributed by atoms with Crippen LogP contribution in [0.25, 0.3) is 0 Å². The van der Waals surface area contributed by atoms with Crippen molar-refractivity contribution in [2.75, 3.05) is 26.9 Å². The minimum absolute atomic E-state index is 0.181. The highest BCUT2D eigenvalue weighted by Gasteiger charge is 1.98. The molecule has 0 saturated heterocycles. The Labute approximate surface area is 79.3 Å². The lowest BCUT2D eigenvalue weighted by atomic mass is 10.5. The SMILES string of the molecule is COCCN=C(COC(C)C)NN. The van der Waals surface area contributed by atoms with Crippen LogP contribution < -0.4 is 11.3 Å². The van der Waals surface area contributed by atoms with E-state index in [0.29, 0.717) is 25.6 Å². The molecule has 0 unspecified atom stereocenters. The largest absolute Gasteiger partial charge is 0.383 e. The number of nitrogens with zero attached hydrogens (tertiary/aromatic N) is 1. The van der Waals surface area contributed by atoms with Crippen LogP contribution in [0.4, 0.5) is 0 Å². The first kappa shape index (κ1) is 12.3. The lowest BCUT2D eigenvalue weighted by molar-refractivity contribution is 0.109. The van der Waals surface area contributed by atoms with Crippen LogP contribution in [-0.4, -0.2) is 38.8 Å². The highest BCUT2D eigenvalue weighted by molar-refractivity contribution is 5.82. The van der Waals surface area contributed by atoms with Gasteiger partial charge in [-0.05, 0) is 13.8 Å². The fraction of sp³-hybridized carbons (Fsp3) is 0.875. The summed E-state index contributed by atoms with van der Waals surface area (Å²) in [6, 6.07) is 0. The molecule has 78 valence electrons. The average molecular weight is 189 g/mol. The maximum atomic E-state index is 5.31. The first-order valence-corrected chi connectivity index (χ1v) is 4.31. The van der Waals surface area contributed by atoms with E-state index >= 15 is 0 Å². The lowest BCUT2D eigenvalue weighted by Crippen LogP contribution is -2.35. The van der Waals surface area contributed by atoms with E-state index < -0.39 is 0 Å². The lowest BCUT2D eigenvalue weighted by Gasteiger charge is -2.09. The van der Waals surface area contributed by atoms with Crippen LogP contribution in [0.1, 0.15) is 13.8 Å². The van der Waals surface area contributed by atoms with Crippen molar-refractivity contribution in [3.63, 3.8) is 0 Å². The van der Waals surface area contributed by atoms with Crippen molar-refractivity contribution in [1.82, 2.24) is 5.43 Å². The molecule has 0 radical (unpaired) electrons. The summed E-state index contributed by atoms with van der Waals surface area (Å²) in [7, 11) is 1.63. The van der Waals surface area contributed by atoms with E-state index in [2.05, 4.69) is 10.4 Å². The van der Waals surface area contributed by atoms with Crippen LogP contribution in [0, 0.1) is 0 Å². The van der Waals surface area contributed by atoms with Crippen LogP contribution in [0.2, 0.25) is 0 Å². The maximum absolute atomic E-state index is 5.31. The smallest absolute Gasteiger partial charge is 0.137 e. The summed E-state index contributed by atoms with van der Waals surface area (Å²) in [5.41, 5.74) is 2.49. The molecule has 0 heterocycles. The van der Waals surface area contributed by atoms with Crippen LogP contribution in [0.3, 0.4) is 0 Å². The van der Waals surface area contributed by atoms with Crippen molar-refractivity contribution >= 4 is 5.84 Å². The number of nitrogens with two attached hydrogens (primary N) is 1. The molecule has 0 atom stereocenters. The summed E-state index contributed by atoms with van der Waals surface area (Å²) in [4.78, 5) is 4.13.